The van der Waals surface area contributed by atoms with Gasteiger partial charge in [0.05, 0.1) is 16.7 Å². The molecule has 0 N–H and O–H groups in total. The number of aromatic nitrogens is 4. The third-order valence-corrected chi connectivity index (χ3v) is 5.45. The van der Waals surface area contributed by atoms with Crippen molar-refractivity contribution in [1.82, 2.24) is 24.6 Å². The van der Waals surface area contributed by atoms with Gasteiger partial charge >= 0.3 is 6.08 Å². The van der Waals surface area contributed by atoms with E-state index >= 15 is 0 Å². The van der Waals surface area contributed by atoms with Crippen LogP contribution in [0.25, 0.3) is 10.9 Å². The van der Waals surface area contributed by atoms with E-state index < -0.39 is 22.2 Å². The molecule has 29 heavy (non-hydrogen) atoms. The standard InChI is InChI=1S/C18H16BrF3N6O/c1-26(2)17(29)12-6-9-8-27(4-3-5-28(9)25-12)16-10-7-11(20)13(19)14(21)15(10)23-18(22)24-16/h6-7H,3-5,8H2,1-2H3. The van der Waals surface area contributed by atoms with E-state index in [1.54, 1.807) is 29.7 Å². The van der Waals surface area contributed by atoms with Gasteiger partial charge in [0.2, 0.25) is 0 Å². The quantitative estimate of drug-likeness (QED) is 0.427. The van der Waals surface area contributed by atoms with E-state index in [0.29, 0.717) is 25.2 Å². The summed E-state index contributed by atoms with van der Waals surface area (Å²) in [4.78, 5) is 22.7. The largest absolute Gasteiger partial charge is 0.350 e. The molecule has 1 aliphatic rings. The first-order chi connectivity index (χ1) is 13.8. The molecule has 3 aromatic rings. The SMILES string of the molecule is CN(C)C(=O)c1cc2n(n1)CCCN(c1nc(F)nc3c(F)c(Br)c(F)cc13)C2. The van der Waals surface area contributed by atoms with E-state index in [1.165, 1.54) is 4.90 Å². The molecule has 0 atom stereocenters. The molecule has 4 rings (SSSR count). The van der Waals surface area contributed by atoms with Gasteiger partial charge in [0, 0.05) is 32.6 Å². The Morgan fingerprint density at radius 1 is 1.17 bits per heavy atom. The molecule has 0 aliphatic carbocycles. The number of carbonyl (C=O) groups is 1. The zero-order valence-corrected chi connectivity index (χ0v) is 17.2. The maximum Gasteiger partial charge on any atom is 0.311 e. The molecule has 0 fully saturated rings. The van der Waals surface area contributed by atoms with Crippen LogP contribution in [-0.4, -0.2) is 51.2 Å². The van der Waals surface area contributed by atoms with Gasteiger partial charge in [-0.25, -0.2) is 8.78 Å². The number of fused-ring (bicyclic) bond motifs is 2. The first kappa shape index (κ1) is 19.6. The lowest BCUT2D eigenvalue weighted by atomic mass is 10.2. The van der Waals surface area contributed by atoms with Crippen LogP contribution >= 0.6 is 15.9 Å². The van der Waals surface area contributed by atoms with Crippen LogP contribution in [0.15, 0.2) is 16.6 Å². The monoisotopic (exact) mass is 468 g/mol. The van der Waals surface area contributed by atoms with Crippen LogP contribution in [0, 0.1) is 17.7 Å². The van der Waals surface area contributed by atoms with Crippen molar-refractivity contribution in [2.45, 2.75) is 19.5 Å². The minimum absolute atomic E-state index is 0.0714. The number of carbonyl (C=O) groups excluding carboxylic acids is 1. The van der Waals surface area contributed by atoms with Crippen LogP contribution in [0.2, 0.25) is 0 Å². The van der Waals surface area contributed by atoms with Gasteiger partial charge in [0.15, 0.2) is 11.5 Å². The number of rotatable bonds is 2. The number of aryl methyl sites for hydroxylation is 1. The molecule has 3 heterocycles. The molecule has 1 amide bonds. The normalized spacial score (nSPS) is 14.1. The average molecular weight is 469 g/mol. The van der Waals surface area contributed by atoms with Crippen molar-refractivity contribution < 1.29 is 18.0 Å². The minimum Gasteiger partial charge on any atom is -0.350 e. The number of nitrogens with zero attached hydrogens (tertiary/aromatic N) is 6. The topological polar surface area (TPSA) is 67.2 Å². The Balaban J connectivity index is 1.80. The predicted molar refractivity (Wildman–Crippen MR) is 103 cm³/mol. The zero-order valence-electron chi connectivity index (χ0n) is 15.6. The fraction of sp³-hybridized carbons (Fsp3) is 0.333. The molecule has 0 saturated carbocycles. The van der Waals surface area contributed by atoms with Gasteiger partial charge in [-0.05, 0) is 34.5 Å². The number of amides is 1. The Hall–Kier alpha value is -2.69. The summed E-state index contributed by atoms with van der Waals surface area (Å²) in [6.07, 6.45) is -0.482. The summed E-state index contributed by atoms with van der Waals surface area (Å²) in [5.74, 6) is -1.95. The Bertz CT molecular complexity index is 1130. The minimum atomic E-state index is -1.11. The average Bonchev–Trinajstić information content (AvgIpc) is 2.97. The van der Waals surface area contributed by atoms with Crippen molar-refractivity contribution in [2.75, 3.05) is 25.5 Å². The van der Waals surface area contributed by atoms with Gasteiger partial charge in [-0.2, -0.15) is 19.5 Å². The molecule has 0 spiro atoms. The second-order valence-corrected chi connectivity index (χ2v) is 7.71. The van der Waals surface area contributed by atoms with Crippen LogP contribution in [0.3, 0.4) is 0 Å². The van der Waals surface area contributed by atoms with Gasteiger partial charge < -0.3 is 9.80 Å². The molecule has 2 aromatic heterocycles. The summed E-state index contributed by atoms with van der Waals surface area (Å²) < 4.78 is 44.0. The lowest BCUT2D eigenvalue weighted by Crippen LogP contribution is -2.25. The molecule has 1 aliphatic heterocycles. The van der Waals surface area contributed by atoms with Crippen LogP contribution in [0.4, 0.5) is 19.0 Å². The molecule has 0 saturated heterocycles. The van der Waals surface area contributed by atoms with Crippen LogP contribution in [0.1, 0.15) is 22.6 Å². The van der Waals surface area contributed by atoms with E-state index in [4.69, 9.17) is 0 Å². The van der Waals surface area contributed by atoms with E-state index in [-0.39, 0.29) is 29.2 Å². The summed E-state index contributed by atoms with van der Waals surface area (Å²) >= 11 is 2.81. The molecule has 0 bridgehead atoms. The second-order valence-electron chi connectivity index (χ2n) is 6.92. The summed E-state index contributed by atoms with van der Waals surface area (Å²) in [5, 5.41) is 4.42. The number of benzene rings is 1. The van der Waals surface area contributed by atoms with E-state index in [9.17, 15) is 18.0 Å². The van der Waals surface area contributed by atoms with Crippen molar-refractivity contribution in [3.05, 3.63) is 45.7 Å². The van der Waals surface area contributed by atoms with E-state index in [2.05, 4.69) is 31.0 Å². The van der Waals surface area contributed by atoms with E-state index in [1.807, 2.05) is 0 Å². The van der Waals surface area contributed by atoms with Crippen molar-refractivity contribution in [3.8, 4) is 0 Å². The Kier molecular flexibility index (Phi) is 4.93. The number of hydrogen-bond donors (Lipinski definition) is 0. The molecule has 0 radical (unpaired) electrons. The van der Waals surface area contributed by atoms with Crippen molar-refractivity contribution in [3.63, 3.8) is 0 Å². The highest BCUT2D eigenvalue weighted by Crippen LogP contribution is 2.33. The van der Waals surface area contributed by atoms with Crippen molar-refractivity contribution in [2.24, 2.45) is 0 Å². The van der Waals surface area contributed by atoms with Gasteiger partial charge in [-0.15, -0.1) is 0 Å². The molecule has 11 heteroatoms. The second kappa shape index (κ2) is 7.29. The highest BCUT2D eigenvalue weighted by molar-refractivity contribution is 9.10. The summed E-state index contributed by atoms with van der Waals surface area (Å²) in [7, 11) is 3.27. The lowest BCUT2D eigenvalue weighted by Gasteiger charge is -2.22. The predicted octanol–water partition coefficient (Wildman–Crippen LogP) is 3.12. The zero-order chi connectivity index (χ0) is 20.9. The first-order valence-corrected chi connectivity index (χ1v) is 9.59. The molecular weight excluding hydrogens is 453 g/mol. The maximum absolute atomic E-state index is 14.5. The maximum atomic E-state index is 14.5. The summed E-state index contributed by atoms with van der Waals surface area (Å²) in [6.45, 7) is 1.26. The molecule has 152 valence electrons. The summed E-state index contributed by atoms with van der Waals surface area (Å²) in [6, 6.07) is 2.75. The third-order valence-electron chi connectivity index (χ3n) is 4.72. The smallest absolute Gasteiger partial charge is 0.311 e. The Morgan fingerprint density at radius 3 is 2.66 bits per heavy atom. The fourth-order valence-corrected chi connectivity index (χ4v) is 3.65. The Labute approximate surface area is 172 Å². The molecule has 7 nitrogen and oxygen atoms in total. The van der Waals surface area contributed by atoms with Gasteiger partial charge in [0.1, 0.15) is 17.2 Å². The van der Waals surface area contributed by atoms with Gasteiger partial charge in [-0.1, -0.05) is 0 Å². The van der Waals surface area contributed by atoms with Crippen LogP contribution < -0.4 is 4.90 Å². The number of hydrogen-bond acceptors (Lipinski definition) is 5. The van der Waals surface area contributed by atoms with Crippen molar-refractivity contribution >= 4 is 38.6 Å². The van der Waals surface area contributed by atoms with Crippen molar-refractivity contribution in [1.29, 1.82) is 0 Å². The van der Waals surface area contributed by atoms with Crippen LogP contribution in [0.5, 0.6) is 0 Å². The first-order valence-electron chi connectivity index (χ1n) is 8.80. The van der Waals surface area contributed by atoms with Gasteiger partial charge in [0.25, 0.3) is 5.91 Å². The number of halogens is 4. The summed E-state index contributed by atoms with van der Waals surface area (Å²) in [5.41, 5.74) is 0.714. The lowest BCUT2D eigenvalue weighted by molar-refractivity contribution is 0.0821. The highest BCUT2D eigenvalue weighted by Gasteiger charge is 2.25. The fourth-order valence-electron chi connectivity index (χ4n) is 3.35. The van der Waals surface area contributed by atoms with E-state index in [0.717, 1.165) is 11.8 Å². The number of anilines is 1. The Morgan fingerprint density at radius 2 is 1.93 bits per heavy atom. The van der Waals surface area contributed by atoms with Crippen LogP contribution in [-0.2, 0) is 13.1 Å². The van der Waals surface area contributed by atoms with Gasteiger partial charge in [-0.3, -0.25) is 9.48 Å². The highest BCUT2D eigenvalue weighted by atomic mass is 79.9. The third kappa shape index (κ3) is 3.43. The molecular formula is C18H16BrF3N6O. The molecule has 1 aromatic carbocycles. The molecule has 0 unspecified atom stereocenters.